The SMILES string of the molecule is CC(C)CC(c1ccccc1)C(O)c1ccccc1. The number of benzene rings is 2. The highest BCUT2D eigenvalue weighted by Crippen LogP contribution is 2.35. The van der Waals surface area contributed by atoms with Crippen LogP contribution in [0.15, 0.2) is 60.7 Å². The van der Waals surface area contributed by atoms with E-state index in [-0.39, 0.29) is 5.92 Å². The maximum absolute atomic E-state index is 10.7. The van der Waals surface area contributed by atoms with Gasteiger partial charge in [-0.3, -0.25) is 0 Å². The molecular formula is C18H22O. The van der Waals surface area contributed by atoms with Gasteiger partial charge in [-0.15, -0.1) is 0 Å². The minimum Gasteiger partial charge on any atom is -0.388 e. The molecule has 1 heteroatoms. The molecule has 0 aliphatic heterocycles. The lowest BCUT2D eigenvalue weighted by molar-refractivity contribution is 0.134. The first-order valence-electron chi connectivity index (χ1n) is 6.96. The van der Waals surface area contributed by atoms with Crippen LogP contribution in [0, 0.1) is 5.92 Å². The molecule has 0 saturated carbocycles. The molecule has 100 valence electrons. The van der Waals surface area contributed by atoms with Crippen LogP contribution in [0.2, 0.25) is 0 Å². The number of rotatable bonds is 5. The highest BCUT2D eigenvalue weighted by molar-refractivity contribution is 5.26. The summed E-state index contributed by atoms with van der Waals surface area (Å²) in [5.41, 5.74) is 2.21. The second kappa shape index (κ2) is 6.53. The Bertz CT molecular complexity index is 476. The lowest BCUT2D eigenvalue weighted by atomic mass is 9.83. The quantitative estimate of drug-likeness (QED) is 0.830. The fourth-order valence-corrected chi connectivity index (χ4v) is 2.54. The topological polar surface area (TPSA) is 20.2 Å². The van der Waals surface area contributed by atoms with E-state index in [4.69, 9.17) is 0 Å². The number of hydrogen-bond acceptors (Lipinski definition) is 1. The predicted molar refractivity (Wildman–Crippen MR) is 80.0 cm³/mol. The molecule has 2 aromatic carbocycles. The zero-order valence-electron chi connectivity index (χ0n) is 11.7. The Balaban J connectivity index is 2.28. The minimum absolute atomic E-state index is 0.156. The molecule has 0 bridgehead atoms. The average Bonchev–Trinajstić information content (AvgIpc) is 2.46. The number of aliphatic hydroxyl groups excluding tert-OH is 1. The van der Waals surface area contributed by atoms with E-state index in [1.54, 1.807) is 0 Å². The summed E-state index contributed by atoms with van der Waals surface area (Å²) < 4.78 is 0. The van der Waals surface area contributed by atoms with Crippen molar-refractivity contribution in [1.29, 1.82) is 0 Å². The maximum atomic E-state index is 10.7. The van der Waals surface area contributed by atoms with Gasteiger partial charge in [0.2, 0.25) is 0 Å². The first-order valence-corrected chi connectivity index (χ1v) is 6.96. The molecule has 2 rings (SSSR count). The summed E-state index contributed by atoms with van der Waals surface area (Å²) in [6.45, 7) is 4.40. The van der Waals surface area contributed by atoms with Crippen molar-refractivity contribution in [2.45, 2.75) is 32.3 Å². The van der Waals surface area contributed by atoms with Gasteiger partial charge in [0.1, 0.15) is 0 Å². The van der Waals surface area contributed by atoms with Crippen LogP contribution in [-0.2, 0) is 0 Å². The van der Waals surface area contributed by atoms with Crippen LogP contribution in [0.5, 0.6) is 0 Å². The predicted octanol–water partition coefficient (Wildman–Crippen LogP) is 4.55. The molecular weight excluding hydrogens is 232 g/mol. The van der Waals surface area contributed by atoms with E-state index >= 15 is 0 Å². The van der Waals surface area contributed by atoms with Gasteiger partial charge in [-0.25, -0.2) is 0 Å². The lowest BCUT2D eigenvalue weighted by Crippen LogP contribution is -2.13. The van der Waals surface area contributed by atoms with E-state index in [1.165, 1.54) is 5.56 Å². The molecule has 0 aliphatic rings. The standard InChI is InChI=1S/C18H22O/c1-14(2)13-17(15-9-5-3-6-10-15)18(19)16-11-7-4-8-12-16/h3-12,14,17-19H,13H2,1-2H3. The largest absolute Gasteiger partial charge is 0.388 e. The molecule has 0 heterocycles. The Morgan fingerprint density at radius 1 is 0.789 bits per heavy atom. The highest BCUT2D eigenvalue weighted by Gasteiger charge is 2.23. The molecule has 2 unspecified atom stereocenters. The van der Waals surface area contributed by atoms with Crippen molar-refractivity contribution in [2.75, 3.05) is 0 Å². The molecule has 0 fully saturated rings. The summed E-state index contributed by atoms with van der Waals surface area (Å²) in [7, 11) is 0. The third-order valence-corrected chi connectivity index (χ3v) is 3.48. The molecule has 2 atom stereocenters. The van der Waals surface area contributed by atoms with E-state index in [1.807, 2.05) is 48.5 Å². The van der Waals surface area contributed by atoms with Gasteiger partial charge in [0, 0.05) is 5.92 Å². The van der Waals surface area contributed by atoms with Crippen LogP contribution in [0.3, 0.4) is 0 Å². The summed E-state index contributed by atoms with van der Waals surface area (Å²) in [5, 5.41) is 10.7. The van der Waals surface area contributed by atoms with Crippen molar-refractivity contribution in [3.05, 3.63) is 71.8 Å². The van der Waals surface area contributed by atoms with Gasteiger partial charge in [0.15, 0.2) is 0 Å². The second-order valence-corrected chi connectivity index (χ2v) is 5.50. The molecule has 0 amide bonds. The Morgan fingerprint density at radius 3 is 1.74 bits per heavy atom. The Hall–Kier alpha value is -1.60. The molecule has 1 N–H and O–H groups in total. The Labute approximate surface area is 115 Å². The zero-order valence-corrected chi connectivity index (χ0v) is 11.7. The van der Waals surface area contributed by atoms with E-state index in [0.29, 0.717) is 5.92 Å². The third kappa shape index (κ3) is 3.68. The smallest absolute Gasteiger partial charge is 0.0858 e. The van der Waals surface area contributed by atoms with Crippen molar-refractivity contribution in [3.8, 4) is 0 Å². The summed E-state index contributed by atoms with van der Waals surface area (Å²) in [4.78, 5) is 0. The van der Waals surface area contributed by atoms with Crippen molar-refractivity contribution < 1.29 is 5.11 Å². The van der Waals surface area contributed by atoms with Gasteiger partial charge < -0.3 is 5.11 Å². The van der Waals surface area contributed by atoms with E-state index in [0.717, 1.165) is 12.0 Å². The van der Waals surface area contributed by atoms with Gasteiger partial charge in [0.25, 0.3) is 0 Å². The fourth-order valence-electron chi connectivity index (χ4n) is 2.54. The van der Waals surface area contributed by atoms with Gasteiger partial charge in [-0.2, -0.15) is 0 Å². The van der Waals surface area contributed by atoms with E-state index in [2.05, 4.69) is 26.0 Å². The van der Waals surface area contributed by atoms with Crippen LogP contribution in [0.1, 0.15) is 43.4 Å². The summed E-state index contributed by atoms with van der Waals surface area (Å²) >= 11 is 0. The normalized spacial score (nSPS) is 14.3. The van der Waals surface area contributed by atoms with Crippen LogP contribution in [0.4, 0.5) is 0 Å². The summed E-state index contributed by atoms with van der Waals surface area (Å²) in [6.07, 6.45) is 0.547. The summed E-state index contributed by atoms with van der Waals surface area (Å²) in [6, 6.07) is 20.3. The minimum atomic E-state index is -0.439. The van der Waals surface area contributed by atoms with Crippen LogP contribution in [0.25, 0.3) is 0 Å². The average molecular weight is 254 g/mol. The van der Waals surface area contributed by atoms with Gasteiger partial charge >= 0.3 is 0 Å². The van der Waals surface area contributed by atoms with E-state index < -0.39 is 6.10 Å². The molecule has 2 aromatic rings. The van der Waals surface area contributed by atoms with Crippen LogP contribution < -0.4 is 0 Å². The van der Waals surface area contributed by atoms with Crippen molar-refractivity contribution >= 4 is 0 Å². The monoisotopic (exact) mass is 254 g/mol. The molecule has 0 spiro atoms. The van der Waals surface area contributed by atoms with Gasteiger partial charge in [-0.1, -0.05) is 74.5 Å². The van der Waals surface area contributed by atoms with Gasteiger partial charge in [0.05, 0.1) is 6.10 Å². The summed E-state index contributed by atoms with van der Waals surface area (Å²) in [5.74, 6) is 0.715. The first kappa shape index (κ1) is 13.8. The Morgan fingerprint density at radius 2 is 1.26 bits per heavy atom. The highest BCUT2D eigenvalue weighted by atomic mass is 16.3. The maximum Gasteiger partial charge on any atom is 0.0858 e. The number of aliphatic hydroxyl groups is 1. The zero-order chi connectivity index (χ0) is 13.7. The van der Waals surface area contributed by atoms with Crippen LogP contribution >= 0.6 is 0 Å². The first-order chi connectivity index (χ1) is 9.18. The van der Waals surface area contributed by atoms with Crippen molar-refractivity contribution in [3.63, 3.8) is 0 Å². The van der Waals surface area contributed by atoms with Crippen LogP contribution in [-0.4, -0.2) is 5.11 Å². The molecule has 1 nitrogen and oxygen atoms in total. The van der Waals surface area contributed by atoms with Gasteiger partial charge in [-0.05, 0) is 23.5 Å². The molecule has 0 saturated heterocycles. The second-order valence-electron chi connectivity index (χ2n) is 5.50. The Kier molecular flexibility index (Phi) is 4.75. The third-order valence-electron chi connectivity index (χ3n) is 3.48. The van der Waals surface area contributed by atoms with E-state index in [9.17, 15) is 5.11 Å². The lowest BCUT2D eigenvalue weighted by Gasteiger charge is -2.25. The number of hydrogen-bond donors (Lipinski definition) is 1. The van der Waals surface area contributed by atoms with Crippen molar-refractivity contribution in [2.24, 2.45) is 5.92 Å². The molecule has 19 heavy (non-hydrogen) atoms. The fraction of sp³-hybridized carbons (Fsp3) is 0.333. The van der Waals surface area contributed by atoms with Crippen molar-refractivity contribution in [1.82, 2.24) is 0 Å². The molecule has 0 aromatic heterocycles. The molecule has 0 radical (unpaired) electrons. The molecule has 0 aliphatic carbocycles.